The van der Waals surface area contributed by atoms with Gasteiger partial charge in [-0.25, -0.2) is 9.59 Å². The third kappa shape index (κ3) is 17.5. The molecule has 3 aliphatic heterocycles. The van der Waals surface area contributed by atoms with Crippen molar-refractivity contribution in [1.29, 1.82) is 0 Å². The van der Waals surface area contributed by atoms with Crippen LogP contribution in [0.15, 0.2) is 24.3 Å². The number of hydrogen-bond donors (Lipinski definition) is 9. The second kappa shape index (κ2) is 25.9. The fourth-order valence-electron chi connectivity index (χ4n) is 7.56. The summed E-state index contributed by atoms with van der Waals surface area (Å²) in [5.41, 5.74) is 6.23. The third-order valence-electron chi connectivity index (χ3n) is 11.0. The number of benzene rings is 1. The minimum atomic E-state index is -1.07. The maximum absolute atomic E-state index is 13.6. The Morgan fingerprint density at radius 2 is 1.52 bits per heavy atom. The normalized spacial score (nSPS) is 21.1. The first-order chi connectivity index (χ1) is 30.1. The number of epoxide rings is 1. The number of urea groups is 1. The van der Waals surface area contributed by atoms with Gasteiger partial charge in [-0.2, -0.15) is 11.8 Å². The van der Waals surface area contributed by atoms with Gasteiger partial charge in [0.15, 0.2) is 12.2 Å². The lowest BCUT2D eigenvalue weighted by Gasteiger charge is -2.24. The maximum atomic E-state index is 13.6. The van der Waals surface area contributed by atoms with Gasteiger partial charge < -0.3 is 57.5 Å². The molecule has 8 atom stereocenters. The fourth-order valence-corrected chi connectivity index (χ4v) is 9.10. The van der Waals surface area contributed by atoms with Crippen molar-refractivity contribution in [3.8, 4) is 5.75 Å². The van der Waals surface area contributed by atoms with E-state index in [0.717, 1.165) is 25.0 Å². The number of rotatable bonds is 29. The molecule has 19 nitrogen and oxygen atoms in total. The number of esters is 1. The van der Waals surface area contributed by atoms with Gasteiger partial charge in [0.05, 0.1) is 18.7 Å². The van der Waals surface area contributed by atoms with E-state index in [2.05, 4.69) is 37.2 Å². The van der Waals surface area contributed by atoms with Crippen molar-refractivity contribution in [2.75, 3.05) is 25.4 Å². The van der Waals surface area contributed by atoms with Crippen LogP contribution in [0.5, 0.6) is 5.75 Å². The highest BCUT2D eigenvalue weighted by Gasteiger charge is 2.52. The average molecular weight is 903 g/mol. The van der Waals surface area contributed by atoms with Crippen molar-refractivity contribution >= 4 is 59.2 Å². The molecule has 63 heavy (non-hydrogen) atoms. The average Bonchev–Trinajstić information content (AvgIpc) is 3.84. The first kappa shape index (κ1) is 50.5. The van der Waals surface area contributed by atoms with Crippen LogP contribution in [-0.4, -0.2) is 126 Å². The Balaban J connectivity index is 1.12. The second-order valence-electron chi connectivity index (χ2n) is 16.7. The summed E-state index contributed by atoms with van der Waals surface area (Å²) in [5.74, 6) is -2.41. The van der Waals surface area contributed by atoms with Gasteiger partial charge in [-0.3, -0.25) is 28.8 Å². The fraction of sp³-hybridized carbons (Fsp3) is 0.674. The van der Waals surface area contributed by atoms with E-state index in [1.165, 1.54) is 12.1 Å². The van der Waals surface area contributed by atoms with Gasteiger partial charge in [0.1, 0.15) is 23.9 Å². The number of amides is 8. The SMILES string of the molecule is CCOC(=O)[C@@H]1O[C@@H]1C(=O)N[C@@H](CC(C)C)C(=O)N[C@H](Cc1ccc(O)cc1)C(=O)NCCCCCC(=O)N[C@@H](CCCCNC(=O)CCCC[C@@H]1SC[C@H]2NC(=O)N[C@@H]12)C(N)=O. The van der Waals surface area contributed by atoms with E-state index in [4.69, 9.17) is 15.2 Å². The molecule has 0 saturated carbocycles. The third-order valence-corrected chi connectivity index (χ3v) is 12.5. The molecule has 0 unspecified atom stereocenters. The minimum absolute atomic E-state index is 0.0131. The van der Waals surface area contributed by atoms with Gasteiger partial charge >= 0.3 is 12.0 Å². The Labute approximate surface area is 373 Å². The van der Waals surface area contributed by atoms with E-state index < -0.39 is 59.9 Å². The molecular formula is C43H66N8O11S. The van der Waals surface area contributed by atoms with Crippen LogP contribution in [0.3, 0.4) is 0 Å². The number of phenolic OH excluding ortho intramolecular Hbond substituents is 1. The number of carbonyl (C=O) groups excluding carboxylic acids is 8. The topological polar surface area (TPSA) is 289 Å². The van der Waals surface area contributed by atoms with Gasteiger partial charge in [-0.15, -0.1) is 0 Å². The zero-order chi connectivity index (χ0) is 45.9. The number of aromatic hydroxyl groups is 1. The molecule has 0 spiro atoms. The highest BCUT2D eigenvalue weighted by atomic mass is 32.2. The molecule has 10 N–H and O–H groups in total. The van der Waals surface area contributed by atoms with Gasteiger partial charge in [0.25, 0.3) is 5.91 Å². The number of phenols is 1. The maximum Gasteiger partial charge on any atom is 0.338 e. The Bertz CT molecular complexity index is 1730. The molecule has 0 radical (unpaired) electrons. The molecule has 0 aliphatic carbocycles. The lowest BCUT2D eigenvalue weighted by Crippen LogP contribution is -2.55. The molecule has 3 saturated heterocycles. The Morgan fingerprint density at radius 1 is 0.825 bits per heavy atom. The number of nitrogens with two attached hydrogens (primary N) is 1. The van der Waals surface area contributed by atoms with Crippen molar-refractivity contribution in [3.63, 3.8) is 0 Å². The van der Waals surface area contributed by atoms with Crippen LogP contribution in [0.2, 0.25) is 0 Å². The van der Waals surface area contributed by atoms with Crippen LogP contribution < -0.4 is 43.0 Å². The molecule has 3 fully saturated rings. The van der Waals surface area contributed by atoms with E-state index in [0.29, 0.717) is 62.3 Å². The monoisotopic (exact) mass is 902 g/mol. The number of carbonyl (C=O) groups is 8. The summed E-state index contributed by atoms with van der Waals surface area (Å²) in [6, 6.07) is 3.57. The van der Waals surface area contributed by atoms with E-state index in [-0.39, 0.29) is 74.0 Å². The molecule has 3 heterocycles. The summed E-state index contributed by atoms with van der Waals surface area (Å²) in [4.78, 5) is 101. The molecule has 0 aromatic heterocycles. The quantitative estimate of drug-likeness (QED) is 0.0235. The summed E-state index contributed by atoms with van der Waals surface area (Å²) in [6.45, 7) is 6.22. The molecule has 1 aromatic carbocycles. The van der Waals surface area contributed by atoms with Crippen LogP contribution >= 0.6 is 11.8 Å². The largest absolute Gasteiger partial charge is 0.508 e. The number of thioether (sulfide) groups is 1. The molecule has 350 valence electrons. The number of ether oxygens (including phenoxy) is 2. The summed E-state index contributed by atoms with van der Waals surface area (Å²) in [6.07, 6.45) is 4.53. The van der Waals surface area contributed by atoms with Crippen LogP contribution in [-0.2, 0) is 49.5 Å². The van der Waals surface area contributed by atoms with Crippen LogP contribution in [0.4, 0.5) is 4.79 Å². The van der Waals surface area contributed by atoms with E-state index in [9.17, 15) is 43.5 Å². The van der Waals surface area contributed by atoms with E-state index in [1.54, 1.807) is 19.1 Å². The summed E-state index contributed by atoms with van der Waals surface area (Å²) in [5, 5.41) is 29.9. The first-order valence-electron chi connectivity index (χ1n) is 22.2. The predicted octanol–water partition coefficient (Wildman–Crippen LogP) is 0.940. The van der Waals surface area contributed by atoms with E-state index >= 15 is 0 Å². The van der Waals surface area contributed by atoms with Crippen LogP contribution in [0.1, 0.15) is 103 Å². The van der Waals surface area contributed by atoms with Crippen molar-refractivity contribution in [2.45, 2.75) is 152 Å². The van der Waals surface area contributed by atoms with Crippen molar-refractivity contribution < 1.29 is 52.9 Å². The van der Waals surface area contributed by atoms with Crippen molar-refractivity contribution in [2.24, 2.45) is 11.7 Å². The number of primary amides is 1. The van der Waals surface area contributed by atoms with Crippen LogP contribution in [0, 0.1) is 5.92 Å². The van der Waals surface area contributed by atoms with E-state index in [1.807, 2.05) is 25.6 Å². The Morgan fingerprint density at radius 3 is 2.24 bits per heavy atom. The Kier molecular flexibility index (Phi) is 20.7. The Hall–Kier alpha value is -5.11. The summed E-state index contributed by atoms with van der Waals surface area (Å²) < 4.78 is 10.1. The smallest absolute Gasteiger partial charge is 0.338 e. The number of hydrogen-bond acceptors (Lipinski definition) is 12. The minimum Gasteiger partial charge on any atom is -0.508 e. The van der Waals surface area contributed by atoms with Crippen LogP contribution in [0.25, 0.3) is 0 Å². The number of unbranched alkanes of at least 4 members (excludes halogenated alkanes) is 4. The lowest BCUT2D eigenvalue weighted by molar-refractivity contribution is -0.144. The molecule has 4 rings (SSSR count). The van der Waals surface area contributed by atoms with Crippen molar-refractivity contribution in [3.05, 3.63) is 29.8 Å². The summed E-state index contributed by atoms with van der Waals surface area (Å²) >= 11 is 1.86. The van der Waals surface area contributed by atoms with Gasteiger partial charge in [-0.1, -0.05) is 38.8 Å². The lowest BCUT2D eigenvalue weighted by atomic mass is 10.0. The number of nitrogens with one attached hydrogen (secondary N) is 7. The molecule has 20 heteroatoms. The summed E-state index contributed by atoms with van der Waals surface area (Å²) in [7, 11) is 0. The molecule has 0 bridgehead atoms. The van der Waals surface area contributed by atoms with Gasteiger partial charge in [0, 0.05) is 43.4 Å². The first-order valence-corrected chi connectivity index (χ1v) is 23.2. The number of fused-ring (bicyclic) bond motifs is 1. The highest BCUT2D eigenvalue weighted by molar-refractivity contribution is 8.00. The van der Waals surface area contributed by atoms with Crippen molar-refractivity contribution in [1.82, 2.24) is 37.2 Å². The standard InChI is InChI=1S/C43H66N8O11S/c1-4-61-42(59)37-36(62-37)41(58)49-29(22-25(2)3)40(57)48-30(23-26-16-18-27(52)19-17-26)39(56)46-21-10-5-6-15-34(54)47-28(38(44)55)12-9-11-20-45-33(53)14-8-7-13-32-35-31(24-63-32)50-43(60)51-35/h16-19,25,28-32,35-37,52H,4-15,20-24H2,1-3H3,(H2,44,55)(H,45,53)(H,46,56)(H,47,54)(H,48,57)(H,49,58)(H2,50,51,60)/t28-,29-,30+,31+,32-,35+,36-,37+/m0/s1. The second-order valence-corrected chi connectivity index (χ2v) is 18.0. The zero-order valence-electron chi connectivity index (χ0n) is 36.5. The molecule has 1 aromatic rings. The molecular weight excluding hydrogens is 837 g/mol. The molecule has 8 amide bonds. The van der Waals surface area contributed by atoms with Gasteiger partial charge in [0.2, 0.25) is 29.5 Å². The van der Waals surface area contributed by atoms with Gasteiger partial charge in [-0.05, 0) is 81.9 Å². The molecule has 3 aliphatic rings. The highest BCUT2D eigenvalue weighted by Crippen LogP contribution is 2.33. The predicted molar refractivity (Wildman–Crippen MR) is 234 cm³/mol. The zero-order valence-corrected chi connectivity index (χ0v) is 37.4.